The molecule has 0 saturated heterocycles. The second kappa shape index (κ2) is 8.15. The van der Waals surface area contributed by atoms with Crippen molar-refractivity contribution in [3.8, 4) is 5.69 Å². The molecule has 1 aliphatic rings. The molecule has 0 atom stereocenters. The second-order valence-electron chi connectivity index (χ2n) is 7.80. The van der Waals surface area contributed by atoms with Crippen molar-refractivity contribution in [3.63, 3.8) is 0 Å². The molecule has 158 valence electrons. The molecule has 4 aromatic rings. The van der Waals surface area contributed by atoms with Gasteiger partial charge in [-0.3, -0.25) is 9.59 Å². The molecule has 3 aromatic carbocycles. The molecule has 1 N–H and O–H groups in total. The number of benzene rings is 3. The Morgan fingerprint density at radius 1 is 0.875 bits per heavy atom. The first kappa shape index (κ1) is 19.8. The molecular formula is C26H22N4O2. The first-order valence-electron chi connectivity index (χ1n) is 10.5. The van der Waals surface area contributed by atoms with Crippen LogP contribution in [0, 0.1) is 6.92 Å². The van der Waals surface area contributed by atoms with E-state index in [-0.39, 0.29) is 11.8 Å². The van der Waals surface area contributed by atoms with Crippen molar-refractivity contribution < 1.29 is 9.59 Å². The lowest BCUT2D eigenvalue weighted by Crippen LogP contribution is -2.28. The number of carbonyl (C=O) groups is 2. The van der Waals surface area contributed by atoms with Crippen LogP contribution in [0.25, 0.3) is 5.69 Å². The highest BCUT2D eigenvalue weighted by atomic mass is 16.2. The molecule has 2 heterocycles. The van der Waals surface area contributed by atoms with Crippen LogP contribution in [0.4, 0.5) is 11.4 Å². The zero-order valence-corrected chi connectivity index (χ0v) is 17.7. The van der Waals surface area contributed by atoms with E-state index in [0.29, 0.717) is 23.4 Å². The van der Waals surface area contributed by atoms with Crippen LogP contribution in [0.2, 0.25) is 0 Å². The third-order valence-corrected chi connectivity index (χ3v) is 5.73. The van der Waals surface area contributed by atoms with E-state index in [2.05, 4.69) is 16.5 Å². The third kappa shape index (κ3) is 3.67. The van der Waals surface area contributed by atoms with E-state index in [0.717, 1.165) is 23.5 Å². The lowest BCUT2D eigenvalue weighted by atomic mass is 10.1. The fourth-order valence-corrected chi connectivity index (χ4v) is 4.00. The quantitative estimate of drug-likeness (QED) is 0.521. The van der Waals surface area contributed by atoms with E-state index >= 15 is 0 Å². The van der Waals surface area contributed by atoms with Crippen molar-refractivity contribution in [2.75, 3.05) is 16.8 Å². The Bertz CT molecular complexity index is 1290. The summed E-state index contributed by atoms with van der Waals surface area (Å²) in [7, 11) is 0. The third-order valence-electron chi connectivity index (χ3n) is 5.73. The van der Waals surface area contributed by atoms with Crippen LogP contribution in [0.15, 0.2) is 85.1 Å². The van der Waals surface area contributed by atoms with Crippen molar-refractivity contribution in [1.82, 2.24) is 9.78 Å². The Morgan fingerprint density at radius 3 is 2.31 bits per heavy atom. The predicted molar refractivity (Wildman–Crippen MR) is 125 cm³/mol. The average Bonchev–Trinajstić information content (AvgIpc) is 3.45. The summed E-state index contributed by atoms with van der Waals surface area (Å²) >= 11 is 0. The summed E-state index contributed by atoms with van der Waals surface area (Å²) in [5.41, 5.74) is 5.87. The molecule has 2 amide bonds. The van der Waals surface area contributed by atoms with Gasteiger partial charge in [0.15, 0.2) is 0 Å². The minimum atomic E-state index is -0.207. The minimum absolute atomic E-state index is 0.0302. The number of fused-ring (bicyclic) bond motifs is 1. The predicted octanol–water partition coefficient (Wildman–Crippen LogP) is 4.64. The fourth-order valence-electron chi connectivity index (χ4n) is 4.00. The van der Waals surface area contributed by atoms with E-state index in [4.69, 9.17) is 0 Å². The molecule has 6 nitrogen and oxygen atoms in total. The number of para-hydroxylation sites is 1. The van der Waals surface area contributed by atoms with Gasteiger partial charge in [-0.05, 0) is 79.6 Å². The van der Waals surface area contributed by atoms with Gasteiger partial charge in [-0.15, -0.1) is 0 Å². The van der Waals surface area contributed by atoms with E-state index in [1.54, 1.807) is 42.6 Å². The number of nitrogens with zero attached hydrogens (tertiary/aromatic N) is 3. The molecule has 0 aliphatic carbocycles. The Labute approximate surface area is 186 Å². The van der Waals surface area contributed by atoms with Gasteiger partial charge in [0.25, 0.3) is 11.8 Å². The monoisotopic (exact) mass is 422 g/mol. The van der Waals surface area contributed by atoms with E-state index in [1.165, 1.54) is 5.56 Å². The Morgan fingerprint density at radius 2 is 1.59 bits per heavy atom. The van der Waals surface area contributed by atoms with Crippen molar-refractivity contribution in [2.45, 2.75) is 13.3 Å². The number of nitrogens with one attached hydrogen (secondary N) is 1. The summed E-state index contributed by atoms with van der Waals surface area (Å²) in [4.78, 5) is 27.4. The number of rotatable bonds is 4. The number of aromatic nitrogens is 2. The van der Waals surface area contributed by atoms with Crippen LogP contribution in [-0.4, -0.2) is 28.1 Å². The molecule has 0 spiro atoms. The van der Waals surface area contributed by atoms with E-state index < -0.39 is 0 Å². The van der Waals surface area contributed by atoms with E-state index in [9.17, 15) is 9.59 Å². The maximum atomic E-state index is 12.9. The first-order chi connectivity index (χ1) is 15.6. The normalized spacial score (nSPS) is 12.5. The van der Waals surface area contributed by atoms with Crippen molar-refractivity contribution in [1.29, 1.82) is 0 Å². The number of amides is 2. The highest BCUT2D eigenvalue weighted by Crippen LogP contribution is 2.29. The van der Waals surface area contributed by atoms with Crippen LogP contribution in [0.1, 0.15) is 32.0 Å². The van der Waals surface area contributed by atoms with Crippen molar-refractivity contribution >= 4 is 23.2 Å². The minimum Gasteiger partial charge on any atom is -0.322 e. The fraction of sp³-hybridized carbons (Fsp3) is 0.115. The average molecular weight is 422 g/mol. The molecule has 0 unspecified atom stereocenters. The standard InChI is InChI=1S/C26H22N4O2/c1-18-14-16-27-30(18)23-12-8-20(9-13-23)25(31)28-22-10-6-21(7-11-22)26(32)29-17-15-19-4-2-3-5-24(19)29/h2-14,16H,15,17H2,1H3,(H,28,31). The number of hydrogen-bond donors (Lipinski definition) is 1. The molecule has 0 saturated carbocycles. The van der Waals surface area contributed by atoms with Gasteiger partial charge < -0.3 is 10.2 Å². The maximum absolute atomic E-state index is 12.9. The molecule has 1 aromatic heterocycles. The molecule has 0 fully saturated rings. The summed E-state index contributed by atoms with van der Waals surface area (Å²) in [5, 5.41) is 7.17. The number of hydrogen-bond acceptors (Lipinski definition) is 3. The lowest BCUT2D eigenvalue weighted by Gasteiger charge is -2.17. The summed E-state index contributed by atoms with van der Waals surface area (Å²) in [6.07, 6.45) is 2.61. The SMILES string of the molecule is Cc1ccnn1-c1ccc(C(=O)Nc2ccc(C(=O)N3CCc4ccccc43)cc2)cc1. The molecule has 5 rings (SSSR count). The van der Waals surface area contributed by atoms with Crippen LogP contribution in [0.3, 0.4) is 0 Å². The van der Waals surface area contributed by atoms with Crippen LogP contribution in [-0.2, 0) is 6.42 Å². The summed E-state index contributed by atoms with van der Waals surface area (Å²) < 4.78 is 1.82. The van der Waals surface area contributed by atoms with Gasteiger partial charge >= 0.3 is 0 Å². The second-order valence-corrected chi connectivity index (χ2v) is 7.80. The van der Waals surface area contributed by atoms with Gasteiger partial charge in [-0.1, -0.05) is 18.2 Å². The number of aryl methyl sites for hydroxylation is 1. The molecule has 6 heteroatoms. The maximum Gasteiger partial charge on any atom is 0.258 e. The zero-order valence-electron chi connectivity index (χ0n) is 17.7. The highest BCUT2D eigenvalue weighted by molar-refractivity contribution is 6.08. The molecule has 32 heavy (non-hydrogen) atoms. The van der Waals surface area contributed by atoms with Gasteiger partial charge in [0.2, 0.25) is 0 Å². The van der Waals surface area contributed by atoms with Gasteiger partial charge in [-0.25, -0.2) is 4.68 Å². The Kier molecular flexibility index (Phi) is 5.03. The van der Waals surface area contributed by atoms with Crippen LogP contribution >= 0.6 is 0 Å². The van der Waals surface area contributed by atoms with E-state index in [1.807, 2.05) is 52.9 Å². The van der Waals surface area contributed by atoms with Gasteiger partial charge in [0.05, 0.1) is 5.69 Å². The topological polar surface area (TPSA) is 67.2 Å². The highest BCUT2D eigenvalue weighted by Gasteiger charge is 2.25. The summed E-state index contributed by atoms with van der Waals surface area (Å²) in [6.45, 7) is 2.66. The largest absolute Gasteiger partial charge is 0.322 e. The van der Waals surface area contributed by atoms with Gasteiger partial charge in [0, 0.05) is 40.9 Å². The molecule has 1 aliphatic heterocycles. The van der Waals surface area contributed by atoms with Crippen molar-refractivity contribution in [3.05, 3.63) is 107 Å². The number of carbonyl (C=O) groups excluding carboxylic acids is 2. The first-order valence-corrected chi connectivity index (χ1v) is 10.5. The molecule has 0 radical (unpaired) electrons. The Hall–Kier alpha value is -4.19. The van der Waals surface area contributed by atoms with Gasteiger partial charge in [-0.2, -0.15) is 5.10 Å². The smallest absolute Gasteiger partial charge is 0.258 e. The van der Waals surface area contributed by atoms with Gasteiger partial charge in [0.1, 0.15) is 0 Å². The Balaban J connectivity index is 1.26. The zero-order chi connectivity index (χ0) is 22.1. The van der Waals surface area contributed by atoms with Crippen molar-refractivity contribution in [2.24, 2.45) is 0 Å². The summed E-state index contributed by atoms with van der Waals surface area (Å²) in [5.74, 6) is -0.237. The summed E-state index contributed by atoms with van der Waals surface area (Å²) in [6, 6.07) is 24.2. The van der Waals surface area contributed by atoms with Crippen LogP contribution < -0.4 is 10.2 Å². The molecular weight excluding hydrogens is 400 g/mol. The lowest BCUT2D eigenvalue weighted by molar-refractivity contribution is 0.0988. The molecule has 0 bridgehead atoms. The number of anilines is 2. The van der Waals surface area contributed by atoms with Crippen LogP contribution in [0.5, 0.6) is 0 Å².